The minimum atomic E-state index is 0.0540. The van der Waals surface area contributed by atoms with Crippen molar-refractivity contribution in [3.63, 3.8) is 0 Å². The summed E-state index contributed by atoms with van der Waals surface area (Å²) in [6.45, 7) is 2.25. The molecule has 0 aromatic heterocycles. The highest BCUT2D eigenvalue weighted by molar-refractivity contribution is 5.76. The monoisotopic (exact) mass is 294 g/mol. The summed E-state index contributed by atoms with van der Waals surface area (Å²) >= 11 is 0. The van der Waals surface area contributed by atoms with Crippen LogP contribution in [-0.2, 0) is 11.3 Å². The molecule has 0 spiro atoms. The maximum Gasteiger partial charge on any atom is 0.220 e. The van der Waals surface area contributed by atoms with Gasteiger partial charge in [0.25, 0.3) is 0 Å². The summed E-state index contributed by atoms with van der Waals surface area (Å²) in [4.78, 5) is 11.9. The summed E-state index contributed by atoms with van der Waals surface area (Å²) in [7, 11) is 4.74. The lowest BCUT2D eigenvalue weighted by Gasteiger charge is -2.26. The van der Waals surface area contributed by atoms with E-state index in [-0.39, 0.29) is 5.91 Å². The molecule has 2 N–H and O–H groups in total. The Labute approximate surface area is 124 Å². The fraction of sp³-hybridized carbons (Fsp3) is 0.533. The number of ether oxygens (including phenoxy) is 3. The highest BCUT2D eigenvalue weighted by Gasteiger charge is 2.20. The molecule has 1 aromatic carbocycles. The van der Waals surface area contributed by atoms with Gasteiger partial charge in [0.1, 0.15) is 5.75 Å². The smallest absolute Gasteiger partial charge is 0.220 e. The van der Waals surface area contributed by atoms with Crippen LogP contribution in [0.4, 0.5) is 0 Å². The predicted molar refractivity (Wildman–Crippen MR) is 78.9 cm³/mol. The third-order valence-corrected chi connectivity index (χ3v) is 3.60. The first kappa shape index (κ1) is 15.4. The largest absolute Gasteiger partial charge is 0.496 e. The van der Waals surface area contributed by atoms with Gasteiger partial charge in [-0.05, 0) is 25.1 Å². The second kappa shape index (κ2) is 7.17. The second-order valence-corrected chi connectivity index (χ2v) is 5.02. The van der Waals surface area contributed by atoms with E-state index in [1.165, 1.54) is 0 Å². The quantitative estimate of drug-likeness (QED) is 0.783. The van der Waals surface area contributed by atoms with Crippen LogP contribution < -0.4 is 24.8 Å². The number of rotatable bonds is 7. The van der Waals surface area contributed by atoms with Gasteiger partial charge < -0.3 is 24.8 Å². The Balaban J connectivity index is 2.01. The normalized spacial score (nSPS) is 14.2. The van der Waals surface area contributed by atoms with Crippen molar-refractivity contribution in [3.8, 4) is 17.2 Å². The lowest BCUT2D eigenvalue weighted by molar-refractivity contribution is -0.122. The van der Waals surface area contributed by atoms with Gasteiger partial charge in [-0.1, -0.05) is 0 Å². The first-order chi connectivity index (χ1) is 10.2. The lowest BCUT2D eigenvalue weighted by Crippen LogP contribution is -2.44. The van der Waals surface area contributed by atoms with E-state index >= 15 is 0 Å². The zero-order chi connectivity index (χ0) is 15.2. The van der Waals surface area contributed by atoms with Gasteiger partial charge >= 0.3 is 0 Å². The van der Waals surface area contributed by atoms with Crippen molar-refractivity contribution in [2.75, 3.05) is 34.4 Å². The lowest BCUT2D eigenvalue weighted by atomic mass is 9.99. The van der Waals surface area contributed by atoms with Crippen molar-refractivity contribution in [2.24, 2.45) is 5.92 Å². The van der Waals surface area contributed by atoms with E-state index in [0.29, 0.717) is 36.1 Å². The molecule has 6 nitrogen and oxygen atoms in total. The van der Waals surface area contributed by atoms with E-state index in [9.17, 15) is 4.79 Å². The number of carbonyl (C=O) groups excluding carboxylic acids is 1. The van der Waals surface area contributed by atoms with E-state index < -0.39 is 0 Å². The van der Waals surface area contributed by atoms with E-state index in [1.54, 1.807) is 27.4 Å². The number of hydrogen-bond acceptors (Lipinski definition) is 5. The fourth-order valence-electron chi connectivity index (χ4n) is 2.25. The van der Waals surface area contributed by atoms with E-state index in [2.05, 4.69) is 10.6 Å². The van der Waals surface area contributed by atoms with E-state index in [0.717, 1.165) is 18.7 Å². The first-order valence-corrected chi connectivity index (χ1v) is 6.94. The van der Waals surface area contributed by atoms with Crippen molar-refractivity contribution in [1.82, 2.24) is 10.6 Å². The van der Waals surface area contributed by atoms with Crippen LogP contribution in [0, 0.1) is 5.92 Å². The Bertz CT molecular complexity index is 501. The summed E-state index contributed by atoms with van der Waals surface area (Å²) in [5.74, 6) is 2.39. The third kappa shape index (κ3) is 3.78. The van der Waals surface area contributed by atoms with Gasteiger partial charge in [-0.15, -0.1) is 0 Å². The zero-order valence-electron chi connectivity index (χ0n) is 12.7. The number of carbonyl (C=O) groups is 1. The van der Waals surface area contributed by atoms with E-state index in [4.69, 9.17) is 14.2 Å². The molecule has 1 aromatic rings. The molecule has 0 saturated carbocycles. The molecular formula is C15H22N2O4. The van der Waals surface area contributed by atoms with Gasteiger partial charge in [-0.25, -0.2) is 0 Å². The summed E-state index contributed by atoms with van der Waals surface area (Å²) in [6.07, 6.45) is 0.558. The van der Waals surface area contributed by atoms with Crippen LogP contribution in [0.1, 0.15) is 12.0 Å². The predicted octanol–water partition coefficient (Wildman–Crippen LogP) is 0.938. The molecule has 0 bridgehead atoms. The third-order valence-electron chi connectivity index (χ3n) is 3.60. The van der Waals surface area contributed by atoms with Crippen molar-refractivity contribution in [1.29, 1.82) is 0 Å². The maximum atomic E-state index is 11.9. The second-order valence-electron chi connectivity index (χ2n) is 5.02. The summed E-state index contributed by atoms with van der Waals surface area (Å²) in [6, 6.07) is 3.58. The Morgan fingerprint density at radius 1 is 1.14 bits per heavy atom. The van der Waals surface area contributed by atoms with Crippen molar-refractivity contribution in [3.05, 3.63) is 17.7 Å². The Morgan fingerprint density at radius 3 is 2.29 bits per heavy atom. The molecule has 1 amide bonds. The molecule has 1 fully saturated rings. The first-order valence-electron chi connectivity index (χ1n) is 6.94. The van der Waals surface area contributed by atoms with Crippen LogP contribution in [0.15, 0.2) is 12.1 Å². The topological polar surface area (TPSA) is 68.8 Å². The van der Waals surface area contributed by atoms with Gasteiger partial charge in [0.05, 0.1) is 21.3 Å². The van der Waals surface area contributed by atoms with Crippen molar-refractivity contribution < 1.29 is 19.0 Å². The number of methoxy groups -OCH3 is 3. The summed E-state index contributed by atoms with van der Waals surface area (Å²) < 4.78 is 15.8. The van der Waals surface area contributed by atoms with Gasteiger partial charge in [0, 0.05) is 24.6 Å². The highest BCUT2D eigenvalue weighted by atomic mass is 16.5. The summed E-state index contributed by atoms with van der Waals surface area (Å²) in [5.41, 5.74) is 0.857. The Hall–Kier alpha value is -1.95. The molecule has 116 valence electrons. The van der Waals surface area contributed by atoms with Crippen LogP contribution >= 0.6 is 0 Å². The highest BCUT2D eigenvalue weighted by Crippen LogP contribution is 2.34. The maximum absolute atomic E-state index is 11.9. The molecule has 0 radical (unpaired) electrons. The average Bonchev–Trinajstić information content (AvgIpc) is 2.47. The number of hydrogen-bond donors (Lipinski definition) is 2. The van der Waals surface area contributed by atoms with Crippen LogP contribution in [0.2, 0.25) is 0 Å². The molecule has 6 heteroatoms. The Kier molecular flexibility index (Phi) is 5.27. The minimum absolute atomic E-state index is 0.0540. The van der Waals surface area contributed by atoms with Crippen LogP contribution in [0.3, 0.4) is 0 Å². The average molecular weight is 294 g/mol. The SMILES string of the molecule is COc1cc(OC)c(OC)cc1CNC(=O)CC1CNC1. The molecule has 21 heavy (non-hydrogen) atoms. The molecular weight excluding hydrogens is 272 g/mol. The summed E-state index contributed by atoms with van der Waals surface area (Å²) in [5, 5.41) is 6.07. The zero-order valence-corrected chi connectivity index (χ0v) is 12.7. The fourth-order valence-corrected chi connectivity index (χ4v) is 2.25. The molecule has 0 atom stereocenters. The standard InChI is InChI=1S/C15H22N2O4/c1-19-12-6-14(21-3)13(20-2)5-11(12)9-17-15(18)4-10-7-16-8-10/h5-6,10,16H,4,7-9H2,1-3H3,(H,17,18). The molecule has 1 aliphatic heterocycles. The van der Waals surface area contributed by atoms with Crippen molar-refractivity contribution >= 4 is 5.91 Å². The van der Waals surface area contributed by atoms with Gasteiger partial charge in [-0.2, -0.15) is 0 Å². The number of amides is 1. The minimum Gasteiger partial charge on any atom is -0.496 e. The van der Waals surface area contributed by atoms with Gasteiger partial charge in [-0.3, -0.25) is 4.79 Å². The number of nitrogens with one attached hydrogen (secondary N) is 2. The van der Waals surface area contributed by atoms with Crippen LogP contribution in [0.25, 0.3) is 0 Å². The molecule has 2 rings (SSSR count). The number of benzene rings is 1. The molecule has 0 unspecified atom stereocenters. The van der Waals surface area contributed by atoms with Crippen LogP contribution in [-0.4, -0.2) is 40.3 Å². The van der Waals surface area contributed by atoms with Crippen LogP contribution in [0.5, 0.6) is 17.2 Å². The van der Waals surface area contributed by atoms with Gasteiger partial charge in [0.15, 0.2) is 11.5 Å². The molecule has 1 saturated heterocycles. The Morgan fingerprint density at radius 2 is 1.76 bits per heavy atom. The van der Waals surface area contributed by atoms with E-state index in [1.807, 2.05) is 6.07 Å². The molecule has 0 aliphatic carbocycles. The van der Waals surface area contributed by atoms with Crippen molar-refractivity contribution in [2.45, 2.75) is 13.0 Å². The molecule has 1 aliphatic rings. The van der Waals surface area contributed by atoms with Gasteiger partial charge in [0.2, 0.25) is 5.91 Å². The molecule has 1 heterocycles.